The van der Waals surface area contributed by atoms with Gasteiger partial charge in [-0.3, -0.25) is 19.1 Å². The van der Waals surface area contributed by atoms with Crippen LogP contribution in [0.15, 0.2) is 53.7 Å². The van der Waals surface area contributed by atoms with E-state index in [1.807, 2.05) is 53.3 Å². The van der Waals surface area contributed by atoms with Gasteiger partial charge in [-0.2, -0.15) is 0 Å². The molecule has 13 nitrogen and oxygen atoms in total. The molecule has 1 aliphatic heterocycles. The molecule has 57 heavy (non-hydrogen) atoms. The summed E-state index contributed by atoms with van der Waals surface area (Å²) >= 11 is 0. The SMILES string of the molecule is O=C(N[C@@H](CC1CCCCC1)C(=O)N1C[C@H](ON=C2c3ccccc3-c3ccccc32)C[C@H]1C(=O)N[C@@]1(C(=O)NS(=O)(=O)C2CC2)C[C@H]1C(F)F)OC1CCCC1. The number of ether oxygens (including phenoxy) is 1. The molecule has 306 valence electrons. The van der Waals surface area contributed by atoms with Crippen molar-refractivity contribution in [3.05, 3.63) is 59.7 Å². The summed E-state index contributed by atoms with van der Waals surface area (Å²) < 4.78 is 61.4. The van der Waals surface area contributed by atoms with Crippen molar-refractivity contribution in [1.29, 1.82) is 0 Å². The highest BCUT2D eigenvalue weighted by Crippen LogP contribution is 2.48. The van der Waals surface area contributed by atoms with Gasteiger partial charge >= 0.3 is 6.09 Å². The molecule has 1 saturated heterocycles. The largest absolute Gasteiger partial charge is 0.446 e. The average molecular weight is 810 g/mol. The third-order valence-corrected chi connectivity index (χ3v) is 14.3. The van der Waals surface area contributed by atoms with Gasteiger partial charge in [-0.1, -0.05) is 85.8 Å². The van der Waals surface area contributed by atoms with Gasteiger partial charge in [0.15, 0.2) is 0 Å². The van der Waals surface area contributed by atoms with Crippen molar-refractivity contribution in [1.82, 2.24) is 20.3 Å². The van der Waals surface area contributed by atoms with Crippen LogP contribution in [0.5, 0.6) is 0 Å². The molecule has 5 aliphatic carbocycles. The third-order valence-electron chi connectivity index (χ3n) is 12.5. The standard InChI is InChI=1S/C41H49F2N5O8S/c42-36(43)32-22-41(32,39(51)47-57(53,54)27-18-19-27)45-37(49)34-21-26(56-46-35-30-16-8-6-14-28(30)29-15-7-9-17-31(29)35)23-48(34)38(50)33(20-24-10-2-1-3-11-24)44-40(52)55-25-12-4-5-13-25/h6-9,14-17,24-27,32-34,36H,1-5,10-13,18-23H2,(H,44,52)(H,45,49)(H,47,51)/t26-,32+,33+,34+,41+/m1/s1. The normalized spacial score (nSPS) is 26.3. The van der Waals surface area contributed by atoms with E-state index in [1.54, 1.807) is 0 Å². The van der Waals surface area contributed by atoms with Gasteiger partial charge in [0.05, 0.1) is 17.7 Å². The number of amides is 4. The Labute approximate surface area is 330 Å². The van der Waals surface area contributed by atoms with Crippen LogP contribution in [-0.4, -0.2) is 90.9 Å². The summed E-state index contributed by atoms with van der Waals surface area (Å²) in [5.41, 5.74) is 2.02. The summed E-state index contributed by atoms with van der Waals surface area (Å²) in [5, 5.41) is 9.03. The third kappa shape index (κ3) is 8.24. The molecule has 0 spiro atoms. The zero-order chi connectivity index (χ0) is 39.9. The molecule has 5 fully saturated rings. The molecular formula is C41H49F2N5O8S. The maximum absolute atomic E-state index is 14.7. The second-order valence-electron chi connectivity index (χ2n) is 16.5. The number of carbonyl (C=O) groups is 4. The van der Waals surface area contributed by atoms with Crippen LogP contribution >= 0.6 is 0 Å². The molecule has 8 rings (SSSR count). The van der Waals surface area contributed by atoms with E-state index in [0.717, 1.165) is 80.0 Å². The van der Waals surface area contributed by atoms with Gasteiger partial charge < -0.3 is 25.1 Å². The lowest BCUT2D eigenvalue weighted by Gasteiger charge is -2.32. The number of oxime groups is 1. The summed E-state index contributed by atoms with van der Waals surface area (Å²) in [7, 11) is -4.12. The number of hydrogen-bond donors (Lipinski definition) is 3. The quantitative estimate of drug-likeness (QED) is 0.199. The maximum atomic E-state index is 14.7. The van der Waals surface area contributed by atoms with Crippen molar-refractivity contribution in [2.24, 2.45) is 17.0 Å². The number of carbonyl (C=O) groups excluding carboxylic acids is 4. The molecule has 0 bridgehead atoms. The highest BCUT2D eigenvalue weighted by Gasteiger charge is 2.66. The first-order valence-corrected chi connectivity index (χ1v) is 21.8. The van der Waals surface area contributed by atoms with Gasteiger partial charge in [-0.05, 0) is 68.4 Å². The molecule has 3 N–H and O–H groups in total. The van der Waals surface area contributed by atoms with E-state index in [2.05, 4.69) is 15.8 Å². The van der Waals surface area contributed by atoms with E-state index >= 15 is 0 Å². The van der Waals surface area contributed by atoms with Crippen molar-refractivity contribution in [3.8, 4) is 11.1 Å². The molecule has 0 unspecified atom stereocenters. The van der Waals surface area contributed by atoms with Gasteiger partial charge in [0.25, 0.3) is 5.91 Å². The second-order valence-corrected chi connectivity index (χ2v) is 18.5. The smallest absolute Gasteiger partial charge is 0.408 e. The number of alkyl carbamates (subject to hydrolysis) is 1. The summed E-state index contributed by atoms with van der Waals surface area (Å²) in [6, 6.07) is 13.1. The van der Waals surface area contributed by atoms with Gasteiger partial charge in [0, 0.05) is 17.5 Å². The number of benzene rings is 2. The first-order valence-electron chi connectivity index (χ1n) is 20.3. The summed E-state index contributed by atoms with van der Waals surface area (Å²) in [4.78, 5) is 63.1. The van der Waals surface area contributed by atoms with E-state index in [9.17, 15) is 36.4 Å². The zero-order valence-corrected chi connectivity index (χ0v) is 32.5. The first-order chi connectivity index (χ1) is 27.4. The molecule has 5 atom stereocenters. The Kier molecular flexibility index (Phi) is 11.0. The Morgan fingerprint density at radius 1 is 0.842 bits per heavy atom. The van der Waals surface area contributed by atoms with Crippen LogP contribution in [0.25, 0.3) is 11.1 Å². The molecule has 4 saturated carbocycles. The Bertz CT molecular complexity index is 1990. The zero-order valence-electron chi connectivity index (χ0n) is 31.7. The van der Waals surface area contributed by atoms with Crippen molar-refractivity contribution >= 4 is 39.5 Å². The molecule has 2 aromatic rings. The number of rotatable bonds is 13. The predicted molar refractivity (Wildman–Crippen MR) is 204 cm³/mol. The Hall–Kier alpha value is -4.60. The fourth-order valence-electron chi connectivity index (χ4n) is 9.14. The minimum atomic E-state index is -4.12. The number of hydrogen-bond acceptors (Lipinski definition) is 9. The van der Waals surface area contributed by atoms with E-state index in [4.69, 9.17) is 9.57 Å². The monoisotopic (exact) mass is 809 g/mol. The lowest BCUT2D eigenvalue weighted by atomic mass is 9.84. The predicted octanol–water partition coefficient (Wildman–Crippen LogP) is 5.16. The Morgan fingerprint density at radius 2 is 1.46 bits per heavy atom. The summed E-state index contributed by atoms with van der Waals surface area (Å²) in [6.45, 7) is -0.134. The summed E-state index contributed by atoms with van der Waals surface area (Å²) in [5.74, 6) is -4.21. The topological polar surface area (TPSA) is 173 Å². The van der Waals surface area contributed by atoms with Crippen LogP contribution in [0.3, 0.4) is 0 Å². The molecule has 0 aromatic heterocycles. The highest BCUT2D eigenvalue weighted by molar-refractivity contribution is 7.91. The van der Waals surface area contributed by atoms with Crippen LogP contribution in [0.4, 0.5) is 13.6 Å². The highest BCUT2D eigenvalue weighted by atomic mass is 32.2. The minimum absolute atomic E-state index is 0.113. The number of nitrogens with zero attached hydrogens (tertiary/aromatic N) is 2. The number of halogens is 2. The number of alkyl halides is 2. The van der Waals surface area contributed by atoms with Crippen LogP contribution in [-0.2, 0) is 34.0 Å². The van der Waals surface area contributed by atoms with Crippen LogP contribution in [0, 0.1) is 11.8 Å². The maximum Gasteiger partial charge on any atom is 0.408 e. The van der Waals surface area contributed by atoms with E-state index in [1.165, 1.54) is 4.90 Å². The van der Waals surface area contributed by atoms with E-state index in [0.29, 0.717) is 25.0 Å². The van der Waals surface area contributed by atoms with E-state index < -0.39 is 81.6 Å². The van der Waals surface area contributed by atoms with E-state index in [-0.39, 0.29) is 25.0 Å². The van der Waals surface area contributed by atoms with Crippen molar-refractivity contribution in [3.63, 3.8) is 0 Å². The second kappa shape index (κ2) is 16.0. The van der Waals surface area contributed by atoms with Crippen molar-refractivity contribution in [2.45, 2.75) is 131 Å². The molecule has 4 amide bonds. The minimum Gasteiger partial charge on any atom is -0.446 e. The Morgan fingerprint density at radius 3 is 2.05 bits per heavy atom. The molecule has 16 heteroatoms. The molecule has 1 heterocycles. The fourth-order valence-corrected chi connectivity index (χ4v) is 10.5. The van der Waals surface area contributed by atoms with Crippen LogP contribution in [0.1, 0.15) is 101 Å². The first kappa shape index (κ1) is 39.2. The molecular weight excluding hydrogens is 761 g/mol. The van der Waals surface area contributed by atoms with Gasteiger partial charge in [-0.25, -0.2) is 22.0 Å². The molecule has 6 aliphatic rings. The fraction of sp³-hybridized carbons (Fsp3) is 0.585. The number of fused-ring (bicyclic) bond motifs is 3. The number of sulfonamides is 1. The van der Waals surface area contributed by atoms with Crippen molar-refractivity contribution in [2.75, 3.05) is 6.54 Å². The molecule has 2 aromatic carbocycles. The number of nitrogens with one attached hydrogen (secondary N) is 3. The number of likely N-dealkylation sites (tertiary alicyclic amines) is 1. The Balaban J connectivity index is 1.07. The lowest BCUT2D eigenvalue weighted by molar-refractivity contribution is -0.141. The average Bonchev–Trinajstić information content (AvgIpc) is 4.05. The summed E-state index contributed by atoms with van der Waals surface area (Å²) in [6.07, 6.45) is 3.68. The molecule has 0 radical (unpaired) electrons. The van der Waals surface area contributed by atoms with Crippen LogP contribution in [0.2, 0.25) is 0 Å². The van der Waals surface area contributed by atoms with Gasteiger partial charge in [0.1, 0.15) is 35.5 Å². The van der Waals surface area contributed by atoms with Gasteiger partial charge in [-0.15, -0.1) is 0 Å². The lowest BCUT2D eigenvalue weighted by Crippen LogP contribution is -2.59. The van der Waals surface area contributed by atoms with Crippen LogP contribution < -0.4 is 15.4 Å². The van der Waals surface area contributed by atoms with Crippen molar-refractivity contribution < 1.29 is 46.0 Å². The van der Waals surface area contributed by atoms with Gasteiger partial charge in [0.2, 0.25) is 28.3 Å².